The molecule has 2 aromatic rings. The summed E-state index contributed by atoms with van der Waals surface area (Å²) in [6.45, 7) is 1.88. The van der Waals surface area contributed by atoms with Crippen LogP contribution in [0, 0.1) is 0 Å². The molecule has 19 heavy (non-hydrogen) atoms. The van der Waals surface area contributed by atoms with Crippen molar-refractivity contribution >= 4 is 17.0 Å². The van der Waals surface area contributed by atoms with Crippen LogP contribution in [0.3, 0.4) is 0 Å². The third-order valence-electron chi connectivity index (χ3n) is 3.40. The van der Waals surface area contributed by atoms with E-state index in [1.807, 2.05) is 6.92 Å². The first-order chi connectivity index (χ1) is 9.13. The molecule has 3 rings (SSSR count). The molecule has 4 N–H and O–H groups in total. The molecule has 2 aromatic heterocycles. The summed E-state index contributed by atoms with van der Waals surface area (Å²) in [5.74, 6) is 0.267. The summed E-state index contributed by atoms with van der Waals surface area (Å²) in [4.78, 5) is 12.1. The van der Waals surface area contributed by atoms with Gasteiger partial charge in [-0.05, 0) is 6.42 Å². The maximum Gasteiger partial charge on any atom is 0.167 e. The maximum atomic E-state index is 10.1. The van der Waals surface area contributed by atoms with Gasteiger partial charge in [0.05, 0.1) is 12.4 Å². The van der Waals surface area contributed by atoms with E-state index >= 15 is 0 Å². The second-order valence-corrected chi connectivity index (χ2v) is 4.54. The summed E-state index contributed by atoms with van der Waals surface area (Å²) >= 11 is 0. The number of fused-ring (bicyclic) bond motifs is 1. The van der Waals surface area contributed by atoms with Gasteiger partial charge in [-0.25, -0.2) is 15.0 Å². The number of ether oxygens (including phenoxy) is 1. The number of hydrogen-bond acceptors (Lipinski definition) is 7. The van der Waals surface area contributed by atoms with Crippen LogP contribution in [0.4, 0.5) is 5.82 Å². The van der Waals surface area contributed by atoms with Gasteiger partial charge in [-0.3, -0.25) is 4.57 Å². The van der Waals surface area contributed by atoms with Crippen molar-refractivity contribution in [2.45, 2.75) is 37.9 Å². The molecule has 0 radical (unpaired) electrons. The molecule has 1 saturated heterocycles. The fourth-order valence-electron chi connectivity index (χ4n) is 2.35. The number of hydrogen-bond donors (Lipinski definition) is 3. The zero-order valence-corrected chi connectivity index (χ0v) is 10.3. The molecule has 102 valence electrons. The molecule has 0 aromatic carbocycles. The van der Waals surface area contributed by atoms with E-state index in [2.05, 4.69) is 15.0 Å². The molecule has 0 aliphatic carbocycles. The van der Waals surface area contributed by atoms with Crippen molar-refractivity contribution < 1.29 is 14.9 Å². The first-order valence-corrected chi connectivity index (χ1v) is 6.08. The van der Waals surface area contributed by atoms with Crippen LogP contribution in [-0.4, -0.2) is 48.0 Å². The van der Waals surface area contributed by atoms with Crippen LogP contribution in [-0.2, 0) is 4.74 Å². The highest BCUT2D eigenvalue weighted by Crippen LogP contribution is 2.32. The largest absolute Gasteiger partial charge is 0.388 e. The summed E-state index contributed by atoms with van der Waals surface area (Å²) < 4.78 is 7.22. The topological polar surface area (TPSA) is 119 Å². The maximum absolute atomic E-state index is 10.1. The van der Waals surface area contributed by atoms with Gasteiger partial charge in [0.1, 0.15) is 24.1 Å². The van der Waals surface area contributed by atoms with Crippen LogP contribution in [0.15, 0.2) is 12.7 Å². The van der Waals surface area contributed by atoms with E-state index in [9.17, 15) is 10.2 Å². The quantitative estimate of drug-likeness (QED) is 0.665. The highest BCUT2D eigenvalue weighted by Gasteiger charge is 2.43. The van der Waals surface area contributed by atoms with Gasteiger partial charge >= 0.3 is 0 Å². The monoisotopic (exact) mass is 265 g/mol. The lowest BCUT2D eigenvalue weighted by Gasteiger charge is -2.16. The number of nitrogen functional groups attached to an aromatic ring is 1. The molecule has 4 atom stereocenters. The fourth-order valence-corrected chi connectivity index (χ4v) is 2.35. The molecule has 0 amide bonds. The van der Waals surface area contributed by atoms with Gasteiger partial charge in [-0.1, -0.05) is 6.92 Å². The van der Waals surface area contributed by atoms with Crippen molar-refractivity contribution in [3.05, 3.63) is 12.7 Å². The van der Waals surface area contributed by atoms with Crippen LogP contribution in [0.5, 0.6) is 0 Å². The minimum atomic E-state index is -1.03. The van der Waals surface area contributed by atoms with Crippen molar-refractivity contribution in [1.82, 2.24) is 19.5 Å². The van der Waals surface area contributed by atoms with Crippen molar-refractivity contribution in [2.24, 2.45) is 0 Å². The molecule has 1 aliphatic rings. The third kappa shape index (κ3) is 1.76. The lowest BCUT2D eigenvalue weighted by atomic mass is 10.1. The molecule has 1 aliphatic heterocycles. The molecule has 0 spiro atoms. The highest BCUT2D eigenvalue weighted by atomic mass is 16.6. The Morgan fingerprint density at radius 3 is 2.79 bits per heavy atom. The zero-order chi connectivity index (χ0) is 13.6. The van der Waals surface area contributed by atoms with E-state index < -0.39 is 24.5 Å². The van der Waals surface area contributed by atoms with Gasteiger partial charge in [0.2, 0.25) is 0 Å². The van der Waals surface area contributed by atoms with Crippen molar-refractivity contribution in [3.63, 3.8) is 0 Å². The summed E-state index contributed by atoms with van der Waals surface area (Å²) in [7, 11) is 0. The molecule has 8 nitrogen and oxygen atoms in total. The predicted octanol–water partition coefficient (Wildman–Crippen LogP) is -0.562. The average Bonchev–Trinajstić information content (AvgIpc) is 2.94. The van der Waals surface area contributed by atoms with Gasteiger partial charge in [-0.2, -0.15) is 0 Å². The van der Waals surface area contributed by atoms with Crippen LogP contribution >= 0.6 is 0 Å². The molecule has 3 heterocycles. The standard InChI is InChI=1S/C11H15N5O3/c1-2-5-7(17)8(18)11(19-5)16-4-15-6-9(12)13-3-14-10(6)16/h3-5,7-8,11,17-18H,2H2,1H3,(H2,12,13,14)/t5-,7+,8-,11-/m1/s1. The number of aliphatic hydroxyl groups excluding tert-OH is 2. The Labute approximate surface area is 108 Å². The normalized spacial score (nSPS) is 31.1. The molecular formula is C11H15N5O3. The highest BCUT2D eigenvalue weighted by molar-refractivity contribution is 5.81. The summed E-state index contributed by atoms with van der Waals surface area (Å²) in [6.07, 6.45) is 0.332. The van der Waals surface area contributed by atoms with Crippen LogP contribution < -0.4 is 5.73 Å². The van der Waals surface area contributed by atoms with E-state index in [1.165, 1.54) is 12.7 Å². The number of rotatable bonds is 2. The van der Waals surface area contributed by atoms with E-state index in [0.717, 1.165) is 0 Å². The Balaban J connectivity index is 2.04. The van der Waals surface area contributed by atoms with E-state index in [4.69, 9.17) is 10.5 Å². The average molecular weight is 265 g/mol. The van der Waals surface area contributed by atoms with Gasteiger partial charge in [0.25, 0.3) is 0 Å². The fraction of sp³-hybridized carbons (Fsp3) is 0.545. The number of nitrogens with two attached hydrogens (primary N) is 1. The van der Waals surface area contributed by atoms with Gasteiger partial charge in [0.15, 0.2) is 17.7 Å². The van der Waals surface area contributed by atoms with Crippen LogP contribution in [0.2, 0.25) is 0 Å². The first-order valence-electron chi connectivity index (χ1n) is 6.08. The number of aromatic nitrogens is 4. The predicted molar refractivity (Wildman–Crippen MR) is 66.0 cm³/mol. The smallest absolute Gasteiger partial charge is 0.167 e. The summed E-state index contributed by atoms with van der Waals surface area (Å²) in [5, 5.41) is 19.9. The minimum Gasteiger partial charge on any atom is -0.388 e. The SMILES string of the molecule is CC[C@H]1O[C@@H](n2cnc3c(N)ncnc32)[C@H](O)[C@H]1O. The molecule has 0 bridgehead atoms. The van der Waals surface area contributed by atoms with Crippen LogP contribution in [0.1, 0.15) is 19.6 Å². The molecule has 8 heteroatoms. The molecule has 0 saturated carbocycles. The van der Waals surface area contributed by atoms with Gasteiger partial charge in [0, 0.05) is 0 Å². The van der Waals surface area contributed by atoms with E-state index in [0.29, 0.717) is 17.6 Å². The van der Waals surface area contributed by atoms with E-state index in [-0.39, 0.29) is 5.82 Å². The second-order valence-electron chi connectivity index (χ2n) is 4.54. The van der Waals surface area contributed by atoms with Crippen molar-refractivity contribution in [2.75, 3.05) is 5.73 Å². The number of imidazole rings is 1. The van der Waals surface area contributed by atoms with Crippen molar-refractivity contribution in [3.8, 4) is 0 Å². The Kier molecular flexibility index (Phi) is 2.85. The minimum absolute atomic E-state index is 0.267. The summed E-state index contributed by atoms with van der Waals surface area (Å²) in [5.41, 5.74) is 6.63. The van der Waals surface area contributed by atoms with Crippen LogP contribution in [0.25, 0.3) is 11.2 Å². The Morgan fingerprint density at radius 1 is 1.32 bits per heavy atom. The number of anilines is 1. The first kappa shape index (κ1) is 12.3. The number of aliphatic hydroxyl groups is 2. The Hall–Kier alpha value is -1.77. The zero-order valence-electron chi connectivity index (χ0n) is 10.3. The molecule has 0 unspecified atom stereocenters. The lowest BCUT2D eigenvalue weighted by Crippen LogP contribution is -2.31. The Bertz CT molecular complexity index is 601. The Morgan fingerprint density at radius 2 is 2.11 bits per heavy atom. The van der Waals surface area contributed by atoms with Crippen molar-refractivity contribution in [1.29, 1.82) is 0 Å². The van der Waals surface area contributed by atoms with Gasteiger partial charge < -0.3 is 20.7 Å². The van der Waals surface area contributed by atoms with E-state index in [1.54, 1.807) is 4.57 Å². The summed E-state index contributed by atoms with van der Waals surface area (Å²) in [6, 6.07) is 0. The third-order valence-corrected chi connectivity index (χ3v) is 3.40. The lowest BCUT2D eigenvalue weighted by molar-refractivity contribution is -0.0355. The second kappa shape index (κ2) is 4.41. The molecule has 1 fully saturated rings. The number of nitrogens with zero attached hydrogens (tertiary/aromatic N) is 4. The molecular weight excluding hydrogens is 250 g/mol. The van der Waals surface area contributed by atoms with Gasteiger partial charge in [-0.15, -0.1) is 0 Å².